The number of halogens is 3. The smallest absolute Gasteiger partial charge is 0.368 e. The maximum Gasteiger partial charge on any atom is 0.389 e. The van der Waals surface area contributed by atoms with E-state index in [-0.39, 0.29) is 19.5 Å². The van der Waals surface area contributed by atoms with E-state index >= 15 is 0 Å². The zero-order valence-electron chi connectivity index (χ0n) is 30.0. The highest BCUT2D eigenvalue weighted by Gasteiger charge is 2.43. The molecule has 1 aliphatic rings. The average Bonchev–Trinajstić information content (AvgIpc) is 3.47. The van der Waals surface area contributed by atoms with Crippen LogP contribution in [0.5, 0.6) is 0 Å². The summed E-state index contributed by atoms with van der Waals surface area (Å²) in [7, 11) is 0. The highest BCUT2D eigenvalue weighted by atomic mass is 19.4. The Morgan fingerprint density at radius 2 is 1.45 bits per heavy atom. The topological polar surface area (TPSA) is 180 Å². The van der Waals surface area contributed by atoms with Gasteiger partial charge in [0.1, 0.15) is 18.1 Å². The fraction of sp³-hybridized carbons (Fsp3) is 0.750. The molecule has 274 valence electrons. The Labute approximate surface area is 278 Å². The molecule has 0 spiro atoms. The Hall–Kier alpha value is -3.65. The van der Waals surface area contributed by atoms with E-state index in [9.17, 15) is 41.9 Å². The molecule has 15 heteroatoms. The highest BCUT2D eigenvalue weighted by Crippen LogP contribution is 2.27. The zero-order valence-corrected chi connectivity index (χ0v) is 30.0. The third-order valence-electron chi connectivity index (χ3n) is 5.98. The number of urea groups is 1. The first kappa shape index (κ1) is 47.8. The van der Waals surface area contributed by atoms with Crippen molar-refractivity contribution in [3.63, 3.8) is 0 Å². The van der Waals surface area contributed by atoms with Crippen molar-refractivity contribution >= 4 is 35.4 Å². The van der Waals surface area contributed by atoms with E-state index in [2.05, 4.69) is 48.6 Å². The van der Waals surface area contributed by atoms with Crippen molar-refractivity contribution in [2.75, 3.05) is 13.1 Å². The van der Waals surface area contributed by atoms with Crippen LogP contribution in [0, 0.1) is 11.3 Å². The molecule has 0 aromatic heterocycles. The van der Waals surface area contributed by atoms with E-state index in [1.54, 1.807) is 20.8 Å². The Bertz CT molecular complexity index is 1010. The number of alkyl halides is 3. The van der Waals surface area contributed by atoms with Gasteiger partial charge in [-0.05, 0) is 37.5 Å². The highest BCUT2D eigenvalue weighted by molar-refractivity contribution is 6.38. The number of amides is 6. The van der Waals surface area contributed by atoms with Crippen LogP contribution in [-0.2, 0) is 24.0 Å². The number of ketones is 1. The minimum absolute atomic E-state index is 0.103. The van der Waals surface area contributed by atoms with E-state index in [1.807, 2.05) is 27.7 Å². The van der Waals surface area contributed by atoms with Gasteiger partial charge >= 0.3 is 12.2 Å². The first-order valence-corrected chi connectivity index (χ1v) is 16.1. The summed E-state index contributed by atoms with van der Waals surface area (Å²) in [5.41, 5.74) is 4.29. The summed E-state index contributed by atoms with van der Waals surface area (Å²) in [5, 5.41) is 9.17. The monoisotopic (exact) mass is 680 g/mol. The fourth-order valence-electron chi connectivity index (χ4n) is 3.81. The second-order valence-corrected chi connectivity index (χ2v) is 12.0. The quantitative estimate of drug-likeness (QED) is 0.154. The van der Waals surface area contributed by atoms with Crippen molar-refractivity contribution < 1.29 is 41.9 Å². The summed E-state index contributed by atoms with van der Waals surface area (Å²) >= 11 is 0. The molecule has 12 nitrogen and oxygen atoms in total. The van der Waals surface area contributed by atoms with Crippen LogP contribution in [0.15, 0.2) is 12.7 Å². The molecule has 1 fully saturated rings. The van der Waals surface area contributed by atoms with Gasteiger partial charge in [-0.1, -0.05) is 75.3 Å². The lowest BCUT2D eigenvalue weighted by Gasteiger charge is -2.35. The Morgan fingerprint density at radius 1 is 0.936 bits per heavy atom. The summed E-state index contributed by atoms with van der Waals surface area (Å²) in [6.45, 7) is 24.2. The molecule has 1 rings (SSSR count). The number of rotatable bonds is 12. The molecular weight excluding hydrogens is 621 g/mol. The number of primary amides is 1. The van der Waals surface area contributed by atoms with Gasteiger partial charge in [0.25, 0.3) is 5.91 Å². The van der Waals surface area contributed by atoms with Crippen molar-refractivity contribution in [2.24, 2.45) is 17.1 Å². The number of hydrogen-bond acceptors (Lipinski definition) is 6. The Morgan fingerprint density at radius 3 is 1.87 bits per heavy atom. The van der Waals surface area contributed by atoms with Crippen LogP contribution in [0.2, 0.25) is 0 Å². The van der Waals surface area contributed by atoms with Crippen LogP contribution in [0.4, 0.5) is 18.0 Å². The minimum Gasteiger partial charge on any atom is -0.368 e. The SMILES string of the molecule is C=CCNC(=O)C(=O)C(CCC(F)(F)F)NC(=O)C1CCCN1C(=O)C(NC(=O)NC(C)C(N)=O)C(C)(C)C.CC.CC.CC(C)C. The molecule has 0 bridgehead atoms. The maximum absolute atomic E-state index is 13.5. The summed E-state index contributed by atoms with van der Waals surface area (Å²) < 4.78 is 38.6. The number of nitrogens with two attached hydrogens (primary N) is 1. The second kappa shape index (κ2) is 23.6. The largest absolute Gasteiger partial charge is 0.389 e. The van der Waals surface area contributed by atoms with E-state index < -0.39 is 84.0 Å². The van der Waals surface area contributed by atoms with Gasteiger partial charge in [0.05, 0.1) is 6.04 Å². The second-order valence-electron chi connectivity index (χ2n) is 12.0. The van der Waals surface area contributed by atoms with Crippen molar-refractivity contribution in [2.45, 2.75) is 132 Å². The third-order valence-corrected chi connectivity index (χ3v) is 5.98. The van der Waals surface area contributed by atoms with Gasteiger partial charge in [0.15, 0.2) is 0 Å². The predicted octanol–water partition coefficient (Wildman–Crippen LogP) is 3.98. The van der Waals surface area contributed by atoms with Crippen molar-refractivity contribution in [1.29, 1.82) is 0 Å². The van der Waals surface area contributed by atoms with Gasteiger partial charge in [-0.2, -0.15) is 13.2 Å². The lowest BCUT2D eigenvalue weighted by Crippen LogP contribution is -2.61. The molecule has 4 unspecified atom stereocenters. The van der Waals surface area contributed by atoms with Gasteiger partial charge in [-0.3, -0.25) is 24.0 Å². The molecule has 6 amide bonds. The van der Waals surface area contributed by atoms with Gasteiger partial charge in [-0.25, -0.2) is 4.79 Å². The van der Waals surface area contributed by atoms with Crippen LogP contribution in [0.3, 0.4) is 0 Å². The van der Waals surface area contributed by atoms with E-state index in [4.69, 9.17) is 5.73 Å². The van der Waals surface area contributed by atoms with Gasteiger partial charge in [0, 0.05) is 19.5 Å². The van der Waals surface area contributed by atoms with Crippen LogP contribution in [-0.4, -0.2) is 83.8 Å². The molecule has 4 atom stereocenters. The molecule has 1 aliphatic heterocycles. The number of Topliss-reactive ketones (excluding diaryl/α,β-unsaturated/α-hetero) is 1. The third kappa shape index (κ3) is 20.3. The molecule has 0 saturated carbocycles. The summed E-state index contributed by atoms with van der Waals surface area (Å²) in [5.74, 6) is -3.97. The first-order valence-electron chi connectivity index (χ1n) is 16.1. The summed E-state index contributed by atoms with van der Waals surface area (Å²) in [4.78, 5) is 76.1. The molecule has 6 N–H and O–H groups in total. The van der Waals surface area contributed by atoms with Crippen LogP contribution in [0.25, 0.3) is 0 Å². The number of nitrogens with zero attached hydrogens (tertiary/aromatic N) is 1. The van der Waals surface area contributed by atoms with Crippen LogP contribution in [0.1, 0.15) is 102 Å². The Kier molecular flexibility index (Phi) is 24.0. The standard InChI is InChI=1S/C24H37F3N6O6.C4H10.2C2H6/c1-6-11-29-20(37)16(34)14(9-10-24(25,26)27)31-19(36)15-8-7-12-33(15)21(38)17(23(3,4)5)32-22(39)30-13(2)18(28)35;1-4(2)3;2*1-2/h6,13-15,17H,1,7-12H2,2-5H3,(H2,28,35)(H,29,37)(H,31,36)(H2,30,32,39);4H,1-3H3;2*1-2H3. The van der Waals surface area contributed by atoms with Crippen molar-refractivity contribution in [3.8, 4) is 0 Å². The number of carbonyl (C=O) groups excluding carboxylic acids is 6. The molecule has 1 saturated heterocycles. The van der Waals surface area contributed by atoms with E-state index in [0.29, 0.717) is 6.42 Å². The van der Waals surface area contributed by atoms with Gasteiger partial charge in [-0.15, -0.1) is 6.58 Å². The van der Waals surface area contributed by atoms with Gasteiger partial charge < -0.3 is 31.9 Å². The fourth-order valence-corrected chi connectivity index (χ4v) is 3.81. The van der Waals surface area contributed by atoms with Crippen LogP contribution >= 0.6 is 0 Å². The lowest BCUT2D eigenvalue weighted by atomic mass is 9.85. The molecular formula is C32H59F3N6O6. The number of nitrogens with one attached hydrogen (secondary N) is 4. The average molecular weight is 681 g/mol. The maximum atomic E-state index is 13.5. The van der Waals surface area contributed by atoms with Crippen molar-refractivity contribution in [3.05, 3.63) is 12.7 Å². The zero-order chi connectivity index (χ0) is 37.7. The molecule has 0 radical (unpaired) electrons. The summed E-state index contributed by atoms with van der Waals surface area (Å²) in [6, 6.07) is -5.98. The van der Waals surface area contributed by atoms with E-state index in [1.165, 1.54) is 17.9 Å². The molecule has 47 heavy (non-hydrogen) atoms. The molecule has 0 aliphatic carbocycles. The molecule has 0 aromatic carbocycles. The molecule has 0 aromatic rings. The number of hydrogen-bond donors (Lipinski definition) is 5. The Balaban J connectivity index is -0.00000220. The number of carbonyl (C=O) groups is 6. The predicted molar refractivity (Wildman–Crippen MR) is 177 cm³/mol. The molecule has 1 heterocycles. The normalized spacial score (nSPS) is 15.8. The van der Waals surface area contributed by atoms with Crippen molar-refractivity contribution in [1.82, 2.24) is 26.2 Å². The minimum atomic E-state index is -4.64. The van der Waals surface area contributed by atoms with E-state index in [0.717, 1.165) is 5.92 Å². The summed E-state index contributed by atoms with van der Waals surface area (Å²) in [6.07, 6.45) is -5.17. The first-order chi connectivity index (χ1) is 21.6. The van der Waals surface area contributed by atoms with Gasteiger partial charge in [0.2, 0.25) is 23.5 Å². The van der Waals surface area contributed by atoms with Crippen LogP contribution < -0.4 is 27.0 Å². The number of likely N-dealkylation sites (tertiary alicyclic amines) is 1. The lowest BCUT2D eigenvalue weighted by molar-refractivity contribution is -0.147.